The summed E-state index contributed by atoms with van der Waals surface area (Å²) >= 11 is 0. The zero-order valence-electron chi connectivity index (χ0n) is 37.1. The number of pyridine rings is 1. The highest BCUT2D eigenvalue weighted by atomic mass is 32.2. The van der Waals surface area contributed by atoms with E-state index in [2.05, 4.69) is 0 Å². The van der Waals surface area contributed by atoms with Crippen molar-refractivity contribution >= 4 is 71.3 Å². The summed E-state index contributed by atoms with van der Waals surface area (Å²) in [6, 6.07) is 11.9. The first-order valence-corrected chi connectivity index (χ1v) is 25.4. The molecule has 2 aromatic carbocycles. The molecule has 0 radical (unpaired) electrons. The summed E-state index contributed by atoms with van der Waals surface area (Å²) in [5.74, 6) is -3.27. The van der Waals surface area contributed by atoms with Crippen molar-refractivity contribution in [3.63, 3.8) is 0 Å². The Morgan fingerprint density at radius 1 is 0.851 bits per heavy atom. The van der Waals surface area contributed by atoms with Gasteiger partial charge in [0.1, 0.15) is 6.20 Å². The van der Waals surface area contributed by atoms with E-state index < -0.39 is 76.4 Å². The van der Waals surface area contributed by atoms with Gasteiger partial charge in [0.05, 0.1) is 52.2 Å². The summed E-state index contributed by atoms with van der Waals surface area (Å²) in [6.45, 7) is 5.80. The van der Waals surface area contributed by atoms with Crippen LogP contribution in [-0.4, -0.2) is 111 Å². The molecule has 3 N–H and O–H groups in total. The van der Waals surface area contributed by atoms with Crippen LogP contribution in [0.5, 0.6) is 0 Å². The number of nitrogens with zero attached hydrogens (tertiary/aromatic N) is 5. The summed E-state index contributed by atoms with van der Waals surface area (Å²) < 4.78 is 102. The first-order chi connectivity index (χ1) is 31.2. The lowest BCUT2D eigenvalue weighted by Crippen LogP contribution is -2.38. The molecule has 1 atom stereocenters. The van der Waals surface area contributed by atoms with E-state index in [-0.39, 0.29) is 61.2 Å². The molecule has 4 heterocycles. The fourth-order valence-electron chi connectivity index (χ4n) is 8.17. The number of fused-ring (bicyclic) bond motifs is 2. The minimum atomic E-state index is -4.69. The number of benzene rings is 2. The van der Waals surface area contributed by atoms with E-state index in [0.717, 1.165) is 5.06 Å². The van der Waals surface area contributed by atoms with E-state index >= 15 is 0 Å². The van der Waals surface area contributed by atoms with Crippen LogP contribution in [0.4, 0.5) is 11.5 Å². The number of imide groups is 1. The predicted octanol–water partition coefficient (Wildman–Crippen LogP) is 4.01. The lowest BCUT2D eigenvalue weighted by atomic mass is 9.76. The van der Waals surface area contributed by atoms with Crippen LogP contribution < -0.4 is 9.47 Å². The summed E-state index contributed by atoms with van der Waals surface area (Å²) in [6.07, 6.45) is 10.2. The van der Waals surface area contributed by atoms with Crippen molar-refractivity contribution in [2.24, 2.45) is 4.99 Å². The first kappa shape index (κ1) is 50.5. The van der Waals surface area contributed by atoms with E-state index in [1.807, 2.05) is 20.8 Å². The molecule has 3 amide bonds. The number of amides is 3. The van der Waals surface area contributed by atoms with Crippen LogP contribution in [-0.2, 0) is 73.4 Å². The molecule has 1 unspecified atom stereocenters. The fourth-order valence-corrected chi connectivity index (χ4v) is 9.67. The number of rotatable bonds is 18. The smallest absolute Gasteiger partial charge is 0.344 e. The normalized spacial score (nSPS) is 18.9. The van der Waals surface area contributed by atoms with Crippen molar-refractivity contribution in [2.45, 2.75) is 75.1 Å². The van der Waals surface area contributed by atoms with E-state index in [9.17, 15) is 58.1 Å². The van der Waals surface area contributed by atoms with Gasteiger partial charge in [-0.1, -0.05) is 30.4 Å². The van der Waals surface area contributed by atoms with E-state index in [0.29, 0.717) is 44.7 Å². The average Bonchev–Trinajstić information content (AvgIpc) is 3.79. The van der Waals surface area contributed by atoms with Gasteiger partial charge >= 0.3 is 11.8 Å². The molecule has 23 heteroatoms. The summed E-state index contributed by atoms with van der Waals surface area (Å²) in [7, 11) is -10.5. The number of aryl methyl sites for hydroxylation is 1. The molecule has 0 saturated carbocycles. The van der Waals surface area contributed by atoms with Crippen LogP contribution in [0, 0.1) is 0 Å². The number of allylic oxidation sites excluding steroid dienone is 6. The molecule has 0 bridgehead atoms. The number of aliphatic imine (C=N–C) groups is 1. The second-order valence-electron chi connectivity index (χ2n) is 16.8. The van der Waals surface area contributed by atoms with Gasteiger partial charge < -0.3 is 9.74 Å². The SMILES string of the molecule is CON(C)C(=O)c1cc2c([n+](CCCS(=O)(=O)O)c1)N=C(/C=C/C=C/C=C1/N(CCCS(=O)(=O)O)c3ccc(S(=O)(=O)O)cc3C1(C)Cc1ccc(C(=O)ON3C(=O)CCC3=O)cc1)C2(C)C. The molecule has 1 aromatic heterocycles. The van der Waals surface area contributed by atoms with Gasteiger partial charge in [-0.15, -0.1) is 5.06 Å². The van der Waals surface area contributed by atoms with Crippen LogP contribution in [0.2, 0.25) is 0 Å². The quantitative estimate of drug-likeness (QED) is 0.0534. The van der Waals surface area contributed by atoms with Crippen molar-refractivity contribution in [1.82, 2.24) is 10.1 Å². The Hall–Kier alpha value is -5.95. The highest BCUT2D eigenvalue weighted by molar-refractivity contribution is 7.86. The molecule has 3 aliphatic rings. The fraction of sp³-hybridized carbons (Fsp3) is 0.364. The Bertz CT molecular complexity index is 2970. The molecule has 3 aromatic rings. The average molecular weight is 985 g/mol. The number of carbonyl (C=O) groups excluding carboxylic acids is 4. The number of carbonyl (C=O) groups is 4. The van der Waals surface area contributed by atoms with Gasteiger partial charge in [0.2, 0.25) is 0 Å². The first-order valence-electron chi connectivity index (χ1n) is 20.8. The van der Waals surface area contributed by atoms with Crippen molar-refractivity contribution in [3.8, 4) is 0 Å². The maximum Gasteiger partial charge on any atom is 0.363 e. The van der Waals surface area contributed by atoms with Gasteiger partial charge in [0, 0.05) is 49.7 Å². The Morgan fingerprint density at radius 3 is 2.10 bits per heavy atom. The third-order valence-electron chi connectivity index (χ3n) is 11.7. The standard InChI is InChI=1S/C44H49N5O15S3/c1-43(2)34-25-31(41(52)46(4)63-5)28-47(21-9-23-65(54,55)56)40(34)45-36(43)11-7-6-8-12-37-44(3,27-29-13-15-30(16-14-29)42(53)64-49-38(50)19-20-39(49)51)33-26-32(67(60,61)62)17-18-35(33)48(37)22-10-24-66(57,58)59/h6-8,11-18,25-26,28H,9-10,19-24,27H2,1-5H3,(H2-,54,55,56,57,58,59,60,61,62)/p+1. The highest BCUT2D eigenvalue weighted by Gasteiger charge is 2.45. The third-order valence-corrected chi connectivity index (χ3v) is 14.2. The molecule has 3 aliphatic heterocycles. The zero-order chi connectivity index (χ0) is 49.3. The number of hydrogen-bond donors (Lipinski definition) is 3. The van der Waals surface area contributed by atoms with Gasteiger partial charge in [-0.25, -0.2) is 14.4 Å². The van der Waals surface area contributed by atoms with Crippen molar-refractivity contribution in [1.29, 1.82) is 0 Å². The summed E-state index contributed by atoms with van der Waals surface area (Å²) in [5, 5.41) is 1.48. The monoisotopic (exact) mass is 984 g/mol. The minimum absolute atomic E-state index is 0.0319. The molecule has 1 fully saturated rings. The van der Waals surface area contributed by atoms with Gasteiger partial charge in [-0.05, 0) is 98.3 Å². The molecule has 20 nitrogen and oxygen atoms in total. The Balaban J connectivity index is 1.36. The van der Waals surface area contributed by atoms with Gasteiger partial charge in [0.15, 0.2) is 5.71 Å². The Morgan fingerprint density at radius 2 is 1.49 bits per heavy atom. The number of hydroxylamine groups is 4. The Kier molecular flexibility index (Phi) is 14.6. The predicted molar refractivity (Wildman–Crippen MR) is 242 cm³/mol. The van der Waals surface area contributed by atoms with Gasteiger partial charge in [0.25, 0.3) is 48.1 Å². The van der Waals surface area contributed by atoms with E-state index in [4.69, 9.17) is 14.7 Å². The second-order valence-corrected chi connectivity index (χ2v) is 21.4. The molecule has 67 heavy (non-hydrogen) atoms. The highest BCUT2D eigenvalue weighted by Crippen LogP contribution is 2.50. The maximum absolute atomic E-state index is 13.2. The number of anilines is 1. The molecule has 1 saturated heterocycles. The van der Waals surface area contributed by atoms with Crippen LogP contribution in [0.15, 0.2) is 101 Å². The number of aromatic nitrogens is 1. The topological polar surface area (TPSA) is 276 Å². The Labute approximate surface area is 388 Å². The number of hydrogen-bond acceptors (Lipinski definition) is 14. The van der Waals surface area contributed by atoms with Crippen molar-refractivity contribution in [3.05, 3.63) is 119 Å². The summed E-state index contributed by atoms with van der Waals surface area (Å²) in [4.78, 5) is 66.5. The van der Waals surface area contributed by atoms with Crippen LogP contribution in [0.1, 0.15) is 83.9 Å². The maximum atomic E-state index is 13.2. The molecule has 0 aliphatic carbocycles. The largest absolute Gasteiger partial charge is 0.363 e. The lowest BCUT2D eigenvalue weighted by Gasteiger charge is -2.30. The van der Waals surface area contributed by atoms with Gasteiger partial charge in [-0.2, -0.15) is 25.3 Å². The van der Waals surface area contributed by atoms with Crippen molar-refractivity contribution in [2.75, 3.05) is 37.1 Å². The second kappa shape index (κ2) is 19.3. The lowest BCUT2D eigenvalue weighted by molar-refractivity contribution is -0.684. The van der Waals surface area contributed by atoms with Crippen molar-refractivity contribution < 1.29 is 72.3 Å². The molecular weight excluding hydrogens is 935 g/mol. The molecule has 358 valence electrons. The molecule has 6 rings (SSSR count). The zero-order valence-corrected chi connectivity index (χ0v) is 39.6. The minimum Gasteiger partial charge on any atom is -0.344 e. The molecule has 0 spiro atoms. The van der Waals surface area contributed by atoms with Crippen LogP contribution >= 0.6 is 0 Å². The van der Waals surface area contributed by atoms with Gasteiger partial charge in [-0.3, -0.25) is 32.9 Å². The van der Waals surface area contributed by atoms with Crippen LogP contribution in [0.3, 0.4) is 0 Å². The third kappa shape index (κ3) is 11.4. The summed E-state index contributed by atoms with van der Waals surface area (Å²) in [5.41, 5.74) is 1.86. The van der Waals surface area contributed by atoms with E-state index in [1.54, 1.807) is 64.2 Å². The molecular formula is C44H50N5O15S3+. The van der Waals surface area contributed by atoms with Crippen LogP contribution in [0.25, 0.3) is 0 Å². The van der Waals surface area contributed by atoms with E-state index in [1.165, 1.54) is 44.5 Å².